The molecule has 0 aromatic carbocycles. The summed E-state index contributed by atoms with van der Waals surface area (Å²) < 4.78 is 0. The van der Waals surface area contributed by atoms with Crippen LogP contribution in [0.25, 0.3) is 0 Å². The van der Waals surface area contributed by atoms with Gasteiger partial charge in [0.15, 0.2) is 6.10 Å². The van der Waals surface area contributed by atoms with E-state index in [1.54, 1.807) is 0 Å². The van der Waals surface area contributed by atoms with Gasteiger partial charge in [-0.1, -0.05) is 0 Å². The second kappa shape index (κ2) is 8.99. The molecule has 0 aliphatic heterocycles. The van der Waals surface area contributed by atoms with Crippen LogP contribution in [0, 0.1) is 0 Å². The molecule has 3 N–H and O–H groups in total. The van der Waals surface area contributed by atoms with E-state index in [1.807, 2.05) is 0 Å². The predicted octanol–water partition coefficient (Wildman–Crippen LogP) is -2.39. The van der Waals surface area contributed by atoms with Crippen molar-refractivity contribution in [3.63, 3.8) is 0 Å². The SMILES string of the molecule is O=C(O)CC(O)C(=O)O.[NaH].[NaH]. The summed E-state index contributed by atoms with van der Waals surface area (Å²) in [5.41, 5.74) is 0. The van der Waals surface area contributed by atoms with Gasteiger partial charge < -0.3 is 15.3 Å². The van der Waals surface area contributed by atoms with Crippen molar-refractivity contribution in [3.05, 3.63) is 0 Å². The van der Waals surface area contributed by atoms with Gasteiger partial charge in [0.1, 0.15) is 0 Å². The monoisotopic (exact) mass is 182 g/mol. The Hall–Kier alpha value is 0.900. The van der Waals surface area contributed by atoms with Crippen LogP contribution in [0.1, 0.15) is 6.42 Å². The van der Waals surface area contributed by atoms with Crippen molar-refractivity contribution < 1.29 is 24.9 Å². The van der Waals surface area contributed by atoms with Gasteiger partial charge in [0, 0.05) is 0 Å². The number of carboxylic acid groups (broad SMARTS) is 2. The van der Waals surface area contributed by atoms with Crippen LogP contribution in [0.3, 0.4) is 0 Å². The zero-order valence-electron chi connectivity index (χ0n) is 4.44. The molecule has 0 amide bonds. The molecule has 0 fully saturated rings. The molecule has 0 spiro atoms. The summed E-state index contributed by atoms with van der Waals surface area (Å²) in [5, 5.41) is 24.1. The van der Waals surface area contributed by atoms with Crippen LogP contribution in [0.4, 0.5) is 0 Å². The van der Waals surface area contributed by atoms with Crippen molar-refractivity contribution in [2.45, 2.75) is 12.5 Å². The molecule has 0 saturated heterocycles. The Morgan fingerprint density at radius 3 is 1.64 bits per heavy atom. The Balaban J connectivity index is -0.000000320. The molecule has 5 nitrogen and oxygen atoms in total. The fourth-order valence-corrected chi connectivity index (χ4v) is 0.253. The molecule has 0 bridgehead atoms. The normalized spacial score (nSPS) is 10.3. The number of aliphatic hydroxyl groups is 1. The molecule has 0 aliphatic rings. The number of aliphatic carboxylic acids is 2. The molecule has 0 aromatic heterocycles. The van der Waals surface area contributed by atoms with Crippen molar-refractivity contribution in [1.82, 2.24) is 0 Å². The van der Waals surface area contributed by atoms with Gasteiger partial charge in [0.25, 0.3) is 0 Å². The van der Waals surface area contributed by atoms with Crippen LogP contribution >= 0.6 is 0 Å². The summed E-state index contributed by atoms with van der Waals surface area (Å²) in [6.07, 6.45) is -2.54. The summed E-state index contributed by atoms with van der Waals surface area (Å²) in [5.74, 6) is -2.85. The summed E-state index contributed by atoms with van der Waals surface area (Å²) in [7, 11) is 0. The molecule has 1 atom stereocenters. The fraction of sp³-hybridized carbons (Fsp3) is 0.500. The molecule has 0 saturated carbocycles. The number of carboxylic acids is 2. The number of hydrogen-bond donors (Lipinski definition) is 3. The van der Waals surface area contributed by atoms with Crippen LogP contribution < -0.4 is 0 Å². The van der Waals surface area contributed by atoms with E-state index in [1.165, 1.54) is 0 Å². The third-order valence-corrected chi connectivity index (χ3v) is 0.653. The van der Waals surface area contributed by atoms with Crippen LogP contribution in [0.2, 0.25) is 0 Å². The molecule has 0 rings (SSSR count). The molecule has 0 radical (unpaired) electrons. The third kappa shape index (κ3) is 10.9. The standard InChI is InChI=1S/C4H6O5.2Na.2H/c5-2(4(8)9)1-3(6)7;;;;/h2,5H,1H2,(H,6,7)(H,8,9);;;;. The predicted molar refractivity (Wildman–Crippen MR) is 40.2 cm³/mol. The van der Waals surface area contributed by atoms with Gasteiger partial charge in [-0.25, -0.2) is 4.79 Å². The quantitative estimate of drug-likeness (QED) is 0.423. The van der Waals surface area contributed by atoms with Crippen molar-refractivity contribution in [2.75, 3.05) is 0 Å². The number of rotatable bonds is 3. The van der Waals surface area contributed by atoms with Gasteiger partial charge in [-0.3, -0.25) is 4.79 Å². The fourth-order valence-electron chi connectivity index (χ4n) is 0.253. The Morgan fingerprint density at radius 1 is 1.18 bits per heavy atom. The maximum atomic E-state index is 9.72. The molecule has 1 unspecified atom stereocenters. The topological polar surface area (TPSA) is 94.8 Å². The molecule has 0 heterocycles. The maximum absolute atomic E-state index is 9.72. The van der Waals surface area contributed by atoms with E-state index in [-0.39, 0.29) is 59.1 Å². The van der Waals surface area contributed by atoms with E-state index < -0.39 is 24.5 Å². The number of aliphatic hydroxyl groups excluding tert-OH is 1. The molecular weight excluding hydrogens is 174 g/mol. The summed E-state index contributed by atoms with van der Waals surface area (Å²) in [6.45, 7) is 0. The third-order valence-electron chi connectivity index (χ3n) is 0.653. The minimum absolute atomic E-state index is 0. The van der Waals surface area contributed by atoms with Gasteiger partial charge in [0.05, 0.1) is 6.42 Å². The van der Waals surface area contributed by atoms with Crippen LogP contribution in [-0.2, 0) is 9.59 Å². The van der Waals surface area contributed by atoms with Gasteiger partial charge in [0.2, 0.25) is 0 Å². The molecule has 11 heavy (non-hydrogen) atoms. The number of hydrogen-bond acceptors (Lipinski definition) is 3. The molecular formula is C4H8Na2O5. The van der Waals surface area contributed by atoms with Gasteiger partial charge >= 0.3 is 71.1 Å². The van der Waals surface area contributed by atoms with Crippen LogP contribution in [-0.4, -0.2) is 92.5 Å². The Labute approximate surface area is 107 Å². The second-order valence-corrected chi connectivity index (χ2v) is 1.45. The minimum atomic E-state index is -1.79. The first-order valence-electron chi connectivity index (χ1n) is 2.16. The average Bonchev–Trinajstić information content (AvgIpc) is 1.63. The van der Waals surface area contributed by atoms with E-state index in [2.05, 4.69) is 0 Å². The second-order valence-electron chi connectivity index (χ2n) is 1.45. The first-order valence-corrected chi connectivity index (χ1v) is 2.16. The van der Waals surface area contributed by atoms with Gasteiger partial charge in [-0.15, -0.1) is 0 Å². The summed E-state index contributed by atoms with van der Waals surface area (Å²) in [4.78, 5) is 19.4. The Bertz CT molecular complexity index is 136. The van der Waals surface area contributed by atoms with E-state index in [9.17, 15) is 9.59 Å². The zero-order chi connectivity index (χ0) is 7.44. The van der Waals surface area contributed by atoms with E-state index in [0.29, 0.717) is 0 Å². The van der Waals surface area contributed by atoms with E-state index in [4.69, 9.17) is 15.3 Å². The first-order chi connectivity index (χ1) is 4.04. The van der Waals surface area contributed by atoms with Gasteiger partial charge in [-0.2, -0.15) is 0 Å². The van der Waals surface area contributed by atoms with Crippen molar-refractivity contribution >= 4 is 71.1 Å². The van der Waals surface area contributed by atoms with Crippen molar-refractivity contribution in [3.8, 4) is 0 Å². The van der Waals surface area contributed by atoms with Crippen molar-refractivity contribution in [1.29, 1.82) is 0 Å². The molecule has 0 aromatic rings. The van der Waals surface area contributed by atoms with Gasteiger partial charge in [-0.05, 0) is 0 Å². The first kappa shape index (κ1) is 17.8. The van der Waals surface area contributed by atoms with E-state index in [0.717, 1.165) is 0 Å². The molecule has 7 heteroatoms. The molecule has 0 aliphatic carbocycles. The average molecular weight is 182 g/mol. The summed E-state index contributed by atoms with van der Waals surface area (Å²) >= 11 is 0. The Morgan fingerprint density at radius 2 is 1.55 bits per heavy atom. The van der Waals surface area contributed by atoms with E-state index >= 15 is 0 Å². The molecule has 56 valence electrons. The number of carbonyl (C=O) groups is 2. The zero-order valence-corrected chi connectivity index (χ0v) is 4.44. The van der Waals surface area contributed by atoms with Crippen LogP contribution in [0.15, 0.2) is 0 Å². The summed E-state index contributed by atoms with van der Waals surface area (Å²) in [6, 6.07) is 0. The Kier molecular flexibility index (Phi) is 14.6. The van der Waals surface area contributed by atoms with Crippen molar-refractivity contribution in [2.24, 2.45) is 0 Å². The van der Waals surface area contributed by atoms with Crippen LogP contribution in [0.5, 0.6) is 0 Å².